The van der Waals surface area contributed by atoms with E-state index < -0.39 is 17.2 Å². The van der Waals surface area contributed by atoms with Crippen molar-refractivity contribution in [3.8, 4) is 11.5 Å². The predicted molar refractivity (Wildman–Crippen MR) is 118 cm³/mol. The van der Waals surface area contributed by atoms with Gasteiger partial charge in [0.1, 0.15) is 11.5 Å². The average molecular weight is 416 g/mol. The van der Waals surface area contributed by atoms with Gasteiger partial charge in [0, 0.05) is 25.7 Å². The molecule has 162 valence electrons. The van der Waals surface area contributed by atoms with Crippen molar-refractivity contribution in [2.24, 2.45) is 0 Å². The highest BCUT2D eigenvalue weighted by Crippen LogP contribution is 2.28. The second kappa shape index (κ2) is 10.3. The lowest BCUT2D eigenvalue weighted by Crippen LogP contribution is -2.42. The van der Waals surface area contributed by atoms with Crippen LogP contribution < -0.4 is 31.4 Å². The summed E-state index contributed by atoms with van der Waals surface area (Å²) in [7, 11) is 3.07. The molecule has 2 rings (SSSR count). The summed E-state index contributed by atoms with van der Waals surface area (Å²) >= 11 is 0. The van der Waals surface area contributed by atoms with Gasteiger partial charge in [0.2, 0.25) is 5.91 Å². The monoisotopic (exact) mass is 416 g/mol. The third-order valence-electron chi connectivity index (χ3n) is 4.49. The lowest BCUT2D eigenvalue weighted by molar-refractivity contribution is -0.111. The van der Waals surface area contributed by atoms with Gasteiger partial charge in [-0.05, 0) is 44.5 Å². The molecule has 0 saturated heterocycles. The number of anilines is 2. The molecule has 0 aliphatic carbocycles. The van der Waals surface area contributed by atoms with Crippen LogP contribution in [0.25, 0.3) is 6.08 Å². The third-order valence-corrected chi connectivity index (χ3v) is 4.49. The van der Waals surface area contributed by atoms with Crippen molar-refractivity contribution in [1.82, 2.24) is 9.13 Å². The molecule has 1 amide bonds. The Morgan fingerprint density at radius 2 is 1.70 bits per heavy atom. The Kier molecular flexibility index (Phi) is 7.85. The Bertz CT molecular complexity index is 1050. The van der Waals surface area contributed by atoms with Crippen molar-refractivity contribution in [3.05, 3.63) is 50.7 Å². The fourth-order valence-electron chi connectivity index (χ4n) is 3.03. The van der Waals surface area contributed by atoms with E-state index in [9.17, 15) is 14.4 Å². The van der Waals surface area contributed by atoms with Gasteiger partial charge in [0.05, 0.1) is 14.2 Å². The van der Waals surface area contributed by atoms with Gasteiger partial charge < -0.3 is 20.1 Å². The van der Waals surface area contributed by atoms with Crippen molar-refractivity contribution < 1.29 is 14.3 Å². The van der Waals surface area contributed by atoms with Crippen LogP contribution in [0.15, 0.2) is 33.9 Å². The quantitative estimate of drug-likeness (QED) is 0.607. The van der Waals surface area contributed by atoms with Crippen molar-refractivity contribution in [2.75, 3.05) is 31.4 Å². The van der Waals surface area contributed by atoms with Gasteiger partial charge in [-0.15, -0.1) is 0 Å². The summed E-state index contributed by atoms with van der Waals surface area (Å²) in [5.41, 5.74) is -0.197. The molecule has 2 N–H and O–H groups in total. The van der Waals surface area contributed by atoms with Crippen LogP contribution in [-0.2, 0) is 17.9 Å². The minimum absolute atomic E-state index is 0.0436. The number of nitrogens with zero attached hydrogens (tertiary/aromatic N) is 2. The van der Waals surface area contributed by atoms with E-state index in [0.717, 1.165) is 10.1 Å². The minimum Gasteiger partial charge on any atom is -0.493 e. The van der Waals surface area contributed by atoms with Gasteiger partial charge >= 0.3 is 5.69 Å². The molecule has 0 fully saturated rings. The Hall–Kier alpha value is -3.49. The summed E-state index contributed by atoms with van der Waals surface area (Å²) in [5, 5.41) is 5.64. The molecular weight excluding hydrogens is 388 g/mol. The van der Waals surface area contributed by atoms with Crippen LogP contribution in [-0.4, -0.2) is 35.8 Å². The lowest BCUT2D eigenvalue weighted by atomic mass is 10.2. The number of aromatic nitrogens is 2. The molecule has 0 bridgehead atoms. The summed E-state index contributed by atoms with van der Waals surface area (Å²) in [5.74, 6) is 0.921. The lowest BCUT2D eigenvalue weighted by Gasteiger charge is -2.18. The van der Waals surface area contributed by atoms with Crippen LogP contribution >= 0.6 is 0 Å². The average Bonchev–Trinajstić information content (AvgIpc) is 2.75. The Balaban J connectivity index is 2.39. The maximum absolute atomic E-state index is 12.8. The number of methoxy groups -OCH3 is 2. The van der Waals surface area contributed by atoms with Crippen LogP contribution in [0.1, 0.15) is 26.3 Å². The van der Waals surface area contributed by atoms with Gasteiger partial charge in [-0.3, -0.25) is 18.7 Å². The topological polar surface area (TPSA) is 104 Å². The number of carbonyl (C=O) groups excluding carboxylic acids is 1. The summed E-state index contributed by atoms with van der Waals surface area (Å²) in [4.78, 5) is 37.9. The molecule has 0 atom stereocenters. The van der Waals surface area contributed by atoms with Crippen molar-refractivity contribution in [3.63, 3.8) is 0 Å². The number of hydrogen-bond donors (Lipinski definition) is 2. The number of hydrogen-bond acceptors (Lipinski definition) is 6. The molecule has 0 spiro atoms. The van der Waals surface area contributed by atoms with Gasteiger partial charge in [0.25, 0.3) is 5.56 Å². The number of rotatable bonds is 9. The maximum atomic E-state index is 12.8. The zero-order valence-corrected chi connectivity index (χ0v) is 17.9. The van der Waals surface area contributed by atoms with Gasteiger partial charge in [-0.1, -0.05) is 6.07 Å². The molecule has 1 aromatic heterocycles. The Morgan fingerprint density at radius 1 is 1.03 bits per heavy atom. The molecule has 9 heteroatoms. The fraction of sp³-hybridized carbons (Fsp3) is 0.381. The van der Waals surface area contributed by atoms with E-state index >= 15 is 0 Å². The molecule has 0 saturated carbocycles. The normalized spacial score (nSPS) is 10.8. The molecule has 9 nitrogen and oxygen atoms in total. The molecular formula is C21H28N4O5. The second-order valence-corrected chi connectivity index (χ2v) is 6.27. The molecule has 0 unspecified atom stereocenters. The highest BCUT2D eigenvalue weighted by molar-refractivity contribution is 6.03. The van der Waals surface area contributed by atoms with Gasteiger partial charge in [0.15, 0.2) is 11.5 Å². The van der Waals surface area contributed by atoms with Crippen LogP contribution in [0.5, 0.6) is 11.5 Å². The Labute approximate surface area is 174 Å². The third kappa shape index (κ3) is 4.73. The minimum atomic E-state index is -0.545. The van der Waals surface area contributed by atoms with E-state index in [2.05, 4.69) is 10.6 Å². The summed E-state index contributed by atoms with van der Waals surface area (Å²) in [6.45, 7) is 6.39. The van der Waals surface area contributed by atoms with Crippen molar-refractivity contribution >= 4 is 23.5 Å². The largest absolute Gasteiger partial charge is 0.493 e. The number of ether oxygens (including phenoxy) is 2. The van der Waals surface area contributed by atoms with E-state index in [-0.39, 0.29) is 12.2 Å². The van der Waals surface area contributed by atoms with Crippen LogP contribution in [0.3, 0.4) is 0 Å². The van der Waals surface area contributed by atoms with E-state index in [4.69, 9.17) is 9.47 Å². The number of carbonyl (C=O) groups is 1. The standard InChI is InChI=1S/C21H28N4O5/c1-6-22-19-18(20(27)25(8-3)21(28)24(19)7-2)23-17(26)12-10-14-9-11-15(29-4)16(13-14)30-5/h9-13,22H,6-8H2,1-5H3,(H,23,26)/b12-10+. The predicted octanol–water partition coefficient (Wildman–Crippen LogP) is 2.15. The zero-order valence-electron chi connectivity index (χ0n) is 17.9. The highest BCUT2D eigenvalue weighted by atomic mass is 16.5. The smallest absolute Gasteiger partial charge is 0.332 e. The SMILES string of the molecule is CCNc1c(NC(=O)/C=C/c2ccc(OC)c(OC)c2)c(=O)n(CC)c(=O)n1CC. The zero-order chi connectivity index (χ0) is 22.3. The summed E-state index contributed by atoms with van der Waals surface area (Å²) in [6, 6.07) is 5.24. The first-order valence-electron chi connectivity index (χ1n) is 9.74. The van der Waals surface area contributed by atoms with Crippen LogP contribution in [0.2, 0.25) is 0 Å². The summed E-state index contributed by atoms with van der Waals surface area (Å²) in [6.07, 6.45) is 2.91. The maximum Gasteiger partial charge on any atom is 0.332 e. The van der Waals surface area contributed by atoms with Gasteiger partial charge in [-0.2, -0.15) is 0 Å². The first kappa shape index (κ1) is 22.8. The second-order valence-electron chi connectivity index (χ2n) is 6.27. The van der Waals surface area contributed by atoms with Gasteiger partial charge in [-0.25, -0.2) is 4.79 Å². The first-order valence-corrected chi connectivity index (χ1v) is 9.74. The highest BCUT2D eigenvalue weighted by Gasteiger charge is 2.18. The fourth-order valence-corrected chi connectivity index (χ4v) is 3.03. The van der Waals surface area contributed by atoms with Crippen molar-refractivity contribution in [2.45, 2.75) is 33.9 Å². The molecule has 0 radical (unpaired) electrons. The van der Waals surface area contributed by atoms with Crippen LogP contribution in [0.4, 0.5) is 11.5 Å². The molecule has 1 aromatic carbocycles. The van der Waals surface area contributed by atoms with E-state index in [1.807, 2.05) is 6.92 Å². The number of benzene rings is 1. The summed E-state index contributed by atoms with van der Waals surface area (Å²) < 4.78 is 13.0. The Morgan fingerprint density at radius 3 is 2.27 bits per heavy atom. The van der Waals surface area contributed by atoms with E-state index in [0.29, 0.717) is 30.4 Å². The molecule has 30 heavy (non-hydrogen) atoms. The first-order chi connectivity index (χ1) is 14.4. The van der Waals surface area contributed by atoms with Crippen LogP contribution in [0, 0.1) is 0 Å². The van der Waals surface area contributed by atoms with Crippen molar-refractivity contribution in [1.29, 1.82) is 0 Å². The van der Waals surface area contributed by atoms with E-state index in [1.165, 1.54) is 17.8 Å². The molecule has 2 aromatic rings. The molecule has 0 aliphatic rings. The molecule has 0 aliphatic heterocycles. The van der Waals surface area contributed by atoms with E-state index in [1.54, 1.807) is 45.2 Å². The molecule has 1 heterocycles. The number of nitrogens with one attached hydrogen (secondary N) is 2. The number of amides is 1.